The summed E-state index contributed by atoms with van der Waals surface area (Å²) < 4.78 is 5.38. The van der Waals surface area contributed by atoms with Crippen molar-refractivity contribution in [3.05, 3.63) is 23.8 Å². The van der Waals surface area contributed by atoms with Crippen LogP contribution in [0.3, 0.4) is 0 Å². The maximum absolute atomic E-state index is 12.6. The van der Waals surface area contributed by atoms with Gasteiger partial charge < -0.3 is 19.9 Å². The van der Waals surface area contributed by atoms with Gasteiger partial charge in [0.25, 0.3) is 0 Å². The third-order valence-corrected chi connectivity index (χ3v) is 5.70. The van der Waals surface area contributed by atoms with Gasteiger partial charge in [0.1, 0.15) is 5.75 Å². The third kappa shape index (κ3) is 5.28. The van der Waals surface area contributed by atoms with Gasteiger partial charge in [-0.1, -0.05) is 12.5 Å². The highest BCUT2D eigenvalue weighted by atomic mass is 16.5. The smallest absolute Gasteiger partial charge is 0.227 e. The Morgan fingerprint density at radius 1 is 1.21 bits per heavy atom. The van der Waals surface area contributed by atoms with Crippen molar-refractivity contribution in [3.63, 3.8) is 0 Å². The van der Waals surface area contributed by atoms with E-state index in [4.69, 9.17) is 4.74 Å². The molecule has 2 heterocycles. The second-order valence-electron chi connectivity index (χ2n) is 7.92. The zero-order valence-corrected chi connectivity index (χ0v) is 17.4. The molecule has 3 rings (SSSR count). The van der Waals surface area contributed by atoms with Gasteiger partial charge in [0, 0.05) is 39.0 Å². The number of carbonyl (C=O) groups is 3. The summed E-state index contributed by atoms with van der Waals surface area (Å²) in [6, 6.07) is 5.69. The van der Waals surface area contributed by atoms with E-state index in [0.29, 0.717) is 37.5 Å². The first-order chi connectivity index (χ1) is 14.0. The van der Waals surface area contributed by atoms with Crippen molar-refractivity contribution in [1.82, 2.24) is 10.2 Å². The Morgan fingerprint density at radius 2 is 2.03 bits per heavy atom. The Bertz CT molecular complexity index is 764. The molecule has 0 aromatic heterocycles. The SMILES string of the molecule is COc1ccc(C)cc1N1CC(C(=O)NCCCN2CCCCCC2=O)CC1=O. The van der Waals surface area contributed by atoms with E-state index in [2.05, 4.69) is 5.32 Å². The molecule has 2 fully saturated rings. The third-order valence-electron chi connectivity index (χ3n) is 5.70. The first-order valence-electron chi connectivity index (χ1n) is 10.5. The Kier molecular flexibility index (Phi) is 7.12. The van der Waals surface area contributed by atoms with Crippen molar-refractivity contribution in [2.45, 2.75) is 45.4 Å². The Morgan fingerprint density at radius 3 is 2.83 bits per heavy atom. The van der Waals surface area contributed by atoms with E-state index < -0.39 is 0 Å². The lowest BCUT2D eigenvalue weighted by atomic mass is 10.1. The van der Waals surface area contributed by atoms with Crippen LogP contribution in [0.4, 0.5) is 5.69 Å². The number of benzene rings is 1. The molecule has 0 spiro atoms. The number of hydrogen-bond acceptors (Lipinski definition) is 4. The van der Waals surface area contributed by atoms with Crippen LogP contribution in [0.15, 0.2) is 18.2 Å². The molecule has 2 saturated heterocycles. The molecule has 1 unspecified atom stereocenters. The van der Waals surface area contributed by atoms with Gasteiger partial charge >= 0.3 is 0 Å². The van der Waals surface area contributed by atoms with Crippen molar-refractivity contribution < 1.29 is 19.1 Å². The van der Waals surface area contributed by atoms with Crippen LogP contribution in [0.25, 0.3) is 0 Å². The minimum atomic E-state index is -0.368. The fourth-order valence-corrected chi connectivity index (χ4v) is 4.03. The maximum atomic E-state index is 12.6. The number of likely N-dealkylation sites (tertiary alicyclic amines) is 1. The molecule has 7 nitrogen and oxygen atoms in total. The lowest BCUT2D eigenvalue weighted by Crippen LogP contribution is -2.36. The number of ether oxygens (including phenoxy) is 1. The predicted molar refractivity (Wildman–Crippen MR) is 111 cm³/mol. The van der Waals surface area contributed by atoms with Gasteiger partial charge in [0.05, 0.1) is 18.7 Å². The Balaban J connectivity index is 1.49. The van der Waals surface area contributed by atoms with Crippen LogP contribution in [0, 0.1) is 12.8 Å². The highest BCUT2D eigenvalue weighted by molar-refractivity contribution is 6.01. The number of rotatable bonds is 7. The fraction of sp³-hybridized carbons (Fsp3) is 0.591. The van der Waals surface area contributed by atoms with Crippen molar-refractivity contribution in [1.29, 1.82) is 0 Å². The van der Waals surface area contributed by atoms with E-state index >= 15 is 0 Å². The monoisotopic (exact) mass is 401 g/mol. The predicted octanol–water partition coefficient (Wildman–Crippen LogP) is 2.27. The van der Waals surface area contributed by atoms with Crippen LogP contribution in [0.2, 0.25) is 0 Å². The van der Waals surface area contributed by atoms with Gasteiger partial charge in [-0.3, -0.25) is 14.4 Å². The number of hydrogen-bond donors (Lipinski definition) is 1. The summed E-state index contributed by atoms with van der Waals surface area (Å²) in [5.41, 5.74) is 1.75. The molecule has 1 aromatic carbocycles. The van der Waals surface area contributed by atoms with E-state index in [9.17, 15) is 14.4 Å². The van der Waals surface area contributed by atoms with Gasteiger partial charge in [0.15, 0.2) is 0 Å². The molecule has 0 bridgehead atoms. The molecular formula is C22H31N3O4. The van der Waals surface area contributed by atoms with Crippen LogP contribution in [0.5, 0.6) is 5.75 Å². The topological polar surface area (TPSA) is 79.0 Å². The van der Waals surface area contributed by atoms with E-state index in [0.717, 1.165) is 37.8 Å². The highest BCUT2D eigenvalue weighted by Crippen LogP contribution is 2.33. The van der Waals surface area contributed by atoms with Crippen LogP contribution in [-0.2, 0) is 14.4 Å². The number of nitrogens with one attached hydrogen (secondary N) is 1. The number of nitrogens with zero attached hydrogens (tertiary/aromatic N) is 2. The fourth-order valence-electron chi connectivity index (χ4n) is 4.03. The van der Waals surface area contributed by atoms with Gasteiger partial charge in [-0.2, -0.15) is 0 Å². The van der Waals surface area contributed by atoms with Crippen LogP contribution in [-0.4, -0.2) is 55.9 Å². The van der Waals surface area contributed by atoms with Gasteiger partial charge in [0.2, 0.25) is 17.7 Å². The number of aryl methyl sites for hydroxylation is 1. The van der Waals surface area contributed by atoms with Gasteiger partial charge in [-0.15, -0.1) is 0 Å². The zero-order chi connectivity index (χ0) is 20.8. The number of anilines is 1. The Labute approximate surface area is 172 Å². The first kappa shape index (κ1) is 21.1. The number of methoxy groups -OCH3 is 1. The largest absolute Gasteiger partial charge is 0.495 e. The standard InChI is InChI=1S/C22H31N3O4/c1-16-8-9-19(29-2)18(13-16)25-15-17(14-21(25)27)22(28)23-10-6-12-24-11-5-3-4-7-20(24)26/h8-9,13,17H,3-7,10-12,14-15H2,1-2H3,(H,23,28). The minimum Gasteiger partial charge on any atom is -0.495 e. The zero-order valence-electron chi connectivity index (χ0n) is 17.4. The molecule has 1 N–H and O–H groups in total. The van der Waals surface area contributed by atoms with Crippen LogP contribution >= 0.6 is 0 Å². The average molecular weight is 402 g/mol. The normalized spacial score (nSPS) is 20.0. The van der Waals surface area contributed by atoms with E-state index in [1.54, 1.807) is 12.0 Å². The second kappa shape index (κ2) is 9.76. The maximum Gasteiger partial charge on any atom is 0.227 e. The second-order valence-corrected chi connectivity index (χ2v) is 7.92. The summed E-state index contributed by atoms with van der Waals surface area (Å²) in [4.78, 5) is 40.6. The molecule has 3 amide bonds. The van der Waals surface area contributed by atoms with Crippen molar-refractivity contribution in [2.75, 3.05) is 38.2 Å². The molecule has 29 heavy (non-hydrogen) atoms. The molecule has 0 radical (unpaired) electrons. The first-order valence-corrected chi connectivity index (χ1v) is 10.5. The molecule has 2 aliphatic rings. The summed E-state index contributed by atoms with van der Waals surface area (Å²) in [5, 5.41) is 2.94. The van der Waals surface area contributed by atoms with Crippen LogP contribution in [0.1, 0.15) is 44.1 Å². The number of carbonyl (C=O) groups excluding carboxylic acids is 3. The molecule has 1 atom stereocenters. The molecular weight excluding hydrogens is 370 g/mol. The summed E-state index contributed by atoms with van der Waals surface area (Å²) in [5.74, 6) is 0.316. The van der Waals surface area contributed by atoms with Crippen LogP contribution < -0.4 is 15.0 Å². The van der Waals surface area contributed by atoms with Crippen molar-refractivity contribution >= 4 is 23.4 Å². The number of amides is 3. The van der Waals surface area contributed by atoms with Gasteiger partial charge in [-0.05, 0) is 43.9 Å². The van der Waals surface area contributed by atoms with E-state index in [1.807, 2.05) is 30.0 Å². The molecule has 7 heteroatoms. The quantitative estimate of drug-likeness (QED) is 0.711. The molecule has 158 valence electrons. The van der Waals surface area contributed by atoms with Gasteiger partial charge in [-0.25, -0.2) is 0 Å². The molecule has 1 aromatic rings. The Hall–Kier alpha value is -2.57. The summed E-state index contributed by atoms with van der Waals surface area (Å²) in [6.07, 6.45) is 4.71. The lowest BCUT2D eigenvalue weighted by Gasteiger charge is -2.21. The highest BCUT2D eigenvalue weighted by Gasteiger charge is 2.36. The minimum absolute atomic E-state index is 0.0655. The lowest BCUT2D eigenvalue weighted by molar-refractivity contribution is -0.130. The average Bonchev–Trinajstić information content (AvgIpc) is 2.98. The summed E-state index contributed by atoms with van der Waals surface area (Å²) >= 11 is 0. The molecule has 0 aliphatic carbocycles. The van der Waals surface area contributed by atoms with E-state index in [1.165, 1.54) is 0 Å². The van der Waals surface area contributed by atoms with Crippen molar-refractivity contribution in [3.8, 4) is 5.75 Å². The summed E-state index contributed by atoms with van der Waals surface area (Å²) in [6.45, 7) is 4.32. The van der Waals surface area contributed by atoms with Crippen molar-refractivity contribution in [2.24, 2.45) is 5.92 Å². The molecule has 0 saturated carbocycles. The van der Waals surface area contributed by atoms with E-state index in [-0.39, 0.29) is 30.1 Å². The molecule has 2 aliphatic heterocycles. The summed E-state index contributed by atoms with van der Waals surface area (Å²) in [7, 11) is 1.58.